The number of anilines is 1. The standard InChI is InChI=1S/C28H25NO3/c30-28(24-11-15-26(16-12-24)31-20-19-22-7-3-1-4-8-22)29-25-13-17-27(18-14-25)32-21-23-9-5-2-6-10-23/h1-18H,19-21H2,(H,29,30). The lowest BCUT2D eigenvalue weighted by molar-refractivity contribution is 0.102. The van der Waals surface area contributed by atoms with Crippen LogP contribution in [0.1, 0.15) is 21.5 Å². The van der Waals surface area contributed by atoms with Gasteiger partial charge in [0.05, 0.1) is 6.61 Å². The van der Waals surface area contributed by atoms with Crippen LogP contribution in [0, 0.1) is 0 Å². The van der Waals surface area contributed by atoms with Crippen molar-refractivity contribution in [3.05, 3.63) is 126 Å². The molecule has 0 saturated carbocycles. The van der Waals surface area contributed by atoms with Crippen LogP contribution in [-0.4, -0.2) is 12.5 Å². The van der Waals surface area contributed by atoms with E-state index in [0.717, 1.165) is 23.5 Å². The molecule has 0 bridgehead atoms. The van der Waals surface area contributed by atoms with Crippen LogP contribution in [-0.2, 0) is 13.0 Å². The molecular formula is C28H25NO3. The van der Waals surface area contributed by atoms with Gasteiger partial charge in [0.25, 0.3) is 5.91 Å². The Kier molecular flexibility index (Phi) is 7.17. The lowest BCUT2D eigenvalue weighted by Gasteiger charge is -2.09. The molecule has 160 valence electrons. The minimum atomic E-state index is -0.168. The largest absolute Gasteiger partial charge is 0.493 e. The molecule has 0 aromatic heterocycles. The van der Waals surface area contributed by atoms with Gasteiger partial charge in [-0.2, -0.15) is 0 Å². The van der Waals surface area contributed by atoms with Crippen LogP contribution in [0.4, 0.5) is 5.69 Å². The Morgan fingerprint density at radius 1 is 0.625 bits per heavy atom. The number of hydrogen-bond donors (Lipinski definition) is 1. The number of hydrogen-bond acceptors (Lipinski definition) is 3. The number of ether oxygens (including phenoxy) is 2. The highest BCUT2D eigenvalue weighted by Gasteiger charge is 2.07. The summed E-state index contributed by atoms with van der Waals surface area (Å²) in [4.78, 5) is 12.5. The summed E-state index contributed by atoms with van der Waals surface area (Å²) in [6.45, 7) is 1.10. The third-order valence-electron chi connectivity index (χ3n) is 4.98. The summed E-state index contributed by atoms with van der Waals surface area (Å²) in [6.07, 6.45) is 0.841. The summed E-state index contributed by atoms with van der Waals surface area (Å²) in [6, 6.07) is 34.7. The van der Waals surface area contributed by atoms with Gasteiger partial charge in [-0.15, -0.1) is 0 Å². The van der Waals surface area contributed by atoms with Gasteiger partial charge in [0.2, 0.25) is 0 Å². The summed E-state index contributed by atoms with van der Waals surface area (Å²) >= 11 is 0. The third-order valence-corrected chi connectivity index (χ3v) is 4.98. The van der Waals surface area contributed by atoms with Crippen molar-refractivity contribution < 1.29 is 14.3 Å². The number of benzene rings is 4. The van der Waals surface area contributed by atoms with E-state index in [1.54, 1.807) is 12.1 Å². The summed E-state index contributed by atoms with van der Waals surface area (Å²) in [5.41, 5.74) is 3.63. The van der Waals surface area contributed by atoms with Crippen molar-refractivity contribution in [3.8, 4) is 11.5 Å². The molecule has 0 aliphatic rings. The molecule has 0 fully saturated rings. The maximum absolute atomic E-state index is 12.5. The van der Waals surface area contributed by atoms with Crippen molar-refractivity contribution in [1.29, 1.82) is 0 Å². The van der Waals surface area contributed by atoms with Crippen LogP contribution < -0.4 is 14.8 Å². The monoisotopic (exact) mass is 423 g/mol. The molecule has 4 heteroatoms. The highest BCUT2D eigenvalue weighted by Crippen LogP contribution is 2.19. The quantitative estimate of drug-likeness (QED) is 0.352. The fourth-order valence-corrected chi connectivity index (χ4v) is 3.21. The second-order valence-corrected chi connectivity index (χ2v) is 7.36. The molecule has 0 aliphatic heterocycles. The molecule has 0 radical (unpaired) electrons. The highest BCUT2D eigenvalue weighted by atomic mass is 16.5. The van der Waals surface area contributed by atoms with E-state index in [-0.39, 0.29) is 5.91 Å². The molecule has 0 aliphatic carbocycles. The Hall–Kier alpha value is -4.05. The van der Waals surface area contributed by atoms with E-state index in [0.29, 0.717) is 24.5 Å². The molecule has 4 rings (SSSR count). The smallest absolute Gasteiger partial charge is 0.255 e. The molecule has 0 spiro atoms. The van der Waals surface area contributed by atoms with Crippen LogP contribution in [0.5, 0.6) is 11.5 Å². The zero-order valence-corrected chi connectivity index (χ0v) is 17.7. The first-order valence-corrected chi connectivity index (χ1v) is 10.6. The van der Waals surface area contributed by atoms with Gasteiger partial charge in [-0.25, -0.2) is 0 Å². The van der Waals surface area contributed by atoms with Gasteiger partial charge >= 0.3 is 0 Å². The van der Waals surface area contributed by atoms with Crippen LogP contribution in [0.3, 0.4) is 0 Å². The van der Waals surface area contributed by atoms with E-state index in [1.165, 1.54) is 5.56 Å². The van der Waals surface area contributed by atoms with Gasteiger partial charge in [-0.05, 0) is 59.7 Å². The zero-order valence-electron chi connectivity index (χ0n) is 17.7. The normalized spacial score (nSPS) is 10.4. The average molecular weight is 424 g/mol. The Bertz CT molecular complexity index is 1110. The number of nitrogens with one attached hydrogen (secondary N) is 1. The lowest BCUT2D eigenvalue weighted by Crippen LogP contribution is -2.11. The van der Waals surface area contributed by atoms with Gasteiger partial charge in [0.15, 0.2) is 0 Å². The maximum Gasteiger partial charge on any atom is 0.255 e. The van der Waals surface area contributed by atoms with Crippen molar-refractivity contribution >= 4 is 11.6 Å². The Labute approximate surface area is 188 Å². The number of carbonyl (C=O) groups excluding carboxylic acids is 1. The lowest BCUT2D eigenvalue weighted by atomic mass is 10.2. The Morgan fingerprint density at radius 3 is 1.84 bits per heavy atom. The third kappa shape index (κ3) is 6.22. The summed E-state index contributed by atoms with van der Waals surface area (Å²) < 4.78 is 11.6. The minimum absolute atomic E-state index is 0.168. The molecule has 1 N–H and O–H groups in total. The van der Waals surface area contributed by atoms with Crippen LogP contribution in [0.25, 0.3) is 0 Å². The van der Waals surface area contributed by atoms with Crippen molar-refractivity contribution in [1.82, 2.24) is 0 Å². The average Bonchev–Trinajstić information content (AvgIpc) is 2.85. The first kappa shape index (κ1) is 21.2. The first-order valence-electron chi connectivity index (χ1n) is 10.6. The molecule has 0 unspecified atom stereocenters. The molecule has 4 aromatic carbocycles. The molecule has 1 amide bonds. The SMILES string of the molecule is O=C(Nc1ccc(OCc2ccccc2)cc1)c1ccc(OCCc2ccccc2)cc1. The van der Waals surface area contributed by atoms with Gasteiger partial charge in [0, 0.05) is 17.7 Å². The molecule has 0 atom stereocenters. The molecule has 4 aromatic rings. The molecule has 0 heterocycles. The first-order chi connectivity index (χ1) is 15.8. The van der Waals surface area contributed by atoms with Crippen LogP contribution in [0.2, 0.25) is 0 Å². The molecule has 0 saturated heterocycles. The van der Waals surface area contributed by atoms with E-state index in [4.69, 9.17) is 9.47 Å². The molecule has 32 heavy (non-hydrogen) atoms. The molecule has 4 nitrogen and oxygen atoms in total. The van der Waals surface area contributed by atoms with Crippen molar-refractivity contribution in [3.63, 3.8) is 0 Å². The van der Waals surface area contributed by atoms with E-state index in [1.807, 2.05) is 84.9 Å². The second kappa shape index (κ2) is 10.8. The predicted molar refractivity (Wildman–Crippen MR) is 127 cm³/mol. The summed E-state index contributed by atoms with van der Waals surface area (Å²) in [5, 5.41) is 2.91. The van der Waals surface area contributed by atoms with Gasteiger partial charge < -0.3 is 14.8 Å². The van der Waals surface area contributed by atoms with Gasteiger partial charge in [-0.1, -0.05) is 60.7 Å². The maximum atomic E-state index is 12.5. The fraction of sp³-hybridized carbons (Fsp3) is 0.107. The van der Waals surface area contributed by atoms with E-state index >= 15 is 0 Å². The fourth-order valence-electron chi connectivity index (χ4n) is 3.21. The van der Waals surface area contributed by atoms with E-state index in [2.05, 4.69) is 17.4 Å². The summed E-state index contributed by atoms with van der Waals surface area (Å²) in [5.74, 6) is 1.33. The van der Waals surface area contributed by atoms with E-state index in [9.17, 15) is 4.79 Å². The van der Waals surface area contributed by atoms with E-state index < -0.39 is 0 Å². The van der Waals surface area contributed by atoms with Crippen molar-refractivity contribution in [2.45, 2.75) is 13.0 Å². The predicted octanol–water partition coefficient (Wildman–Crippen LogP) is 6.14. The van der Waals surface area contributed by atoms with Crippen molar-refractivity contribution in [2.24, 2.45) is 0 Å². The molecular weight excluding hydrogens is 398 g/mol. The highest BCUT2D eigenvalue weighted by molar-refractivity contribution is 6.04. The van der Waals surface area contributed by atoms with Crippen LogP contribution >= 0.6 is 0 Å². The minimum Gasteiger partial charge on any atom is -0.493 e. The zero-order chi connectivity index (χ0) is 22.0. The van der Waals surface area contributed by atoms with Crippen LogP contribution in [0.15, 0.2) is 109 Å². The second-order valence-electron chi connectivity index (χ2n) is 7.36. The van der Waals surface area contributed by atoms with Crippen molar-refractivity contribution in [2.75, 3.05) is 11.9 Å². The topological polar surface area (TPSA) is 47.6 Å². The number of carbonyl (C=O) groups is 1. The Morgan fingerprint density at radius 2 is 1.19 bits per heavy atom. The Balaban J connectivity index is 1.25. The van der Waals surface area contributed by atoms with Gasteiger partial charge in [0.1, 0.15) is 18.1 Å². The number of rotatable bonds is 9. The van der Waals surface area contributed by atoms with Gasteiger partial charge in [-0.3, -0.25) is 4.79 Å². The number of amides is 1. The summed E-state index contributed by atoms with van der Waals surface area (Å²) in [7, 11) is 0.